The molecule has 1 aliphatic carbocycles. The first kappa shape index (κ1) is 22.3. The van der Waals surface area contributed by atoms with E-state index in [1.54, 1.807) is 0 Å². The normalized spacial score (nSPS) is 20.6. The van der Waals surface area contributed by atoms with Crippen molar-refractivity contribution in [2.75, 3.05) is 13.7 Å². The van der Waals surface area contributed by atoms with E-state index < -0.39 is 11.4 Å². The van der Waals surface area contributed by atoms with E-state index in [0.717, 1.165) is 16.7 Å². The van der Waals surface area contributed by atoms with Gasteiger partial charge in [0.05, 0.1) is 13.2 Å². The fourth-order valence-corrected chi connectivity index (χ4v) is 4.33. The predicted octanol–water partition coefficient (Wildman–Crippen LogP) is 4.61. The first-order valence-electron chi connectivity index (χ1n) is 10.4. The minimum Gasteiger partial charge on any atom is -0.468 e. The molecule has 1 amide bonds. The molecule has 0 radical (unpaired) electrons. The Morgan fingerprint density at radius 1 is 1.06 bits per heavy atom. The number of carbonyl (C=O) groups excluding carboxylic acids is 2. The summed E-state index contributed by atoms with van der Waals surface area (Å²) in [5.41, 5.74) is 2.83. The van der Waals surface area contributed by atoms with Crippen molar-refractivity contribution in [3.63, 3.8) is 0 Å². The third-order valence-corrected chi connectivity index (χ3v) is 6.21. The van der Waals surface area contributed by atoms with Crippen LogP contribution in [-0.2, 0) is 20.9 Å². The molecule has 5 nitrogen and oxygen atoms in total. The minimum absolute atomic E-state index is 0.198. The number of nitriles is 1. The van der Waals surface area contributed by atoms with E-state index in [9.17, 15) is 14.9 Å². The first-order chi connectivity index (χ1) is 14.9. The van der Waals surface area contributed by atoms with Crippen molar-refractivity contribution in [3.8, 4) is 6.07 Å². The SMILES string of the molecule is COC(=O)CN(Cc1ccccc1)C(=O)[C@]1(C#N)CC(C)=C(C)C[C@H]1c1ccccc1. The van der Waals surface area contributed by atoms with Gasteiger partial charge in [-0.15, -0.1) is 0 Å². The molecule has 0 saturated heterocycles. The molecule has 2 aromatic rings. The Balaban J connectivity index is 2.06. The third-order valence-electron chi connectivity index (χ3n) is 6.21. The molecule has 3 rings (SSSR count). The maximum absolute atomic E-state index is 14.0. The summed E-state index contributed by atoms with van der Waals surface area (Å²) in [7, 11) is 1.30. The standard InChI is InChI=1S/C26H28N2O3/c1-19-14-23(22-12-8-5-9-13-22)26(18-27,15-20(19)2)25(30)28(17-24(29)31-3)16-21-10-6-4-7-11-21/h4-13,23H,14-17H2,1-3H3/t23-,26-/m0/s1. The quantitative estimate of drug-likeness (QED) is 0.509. The molecular weight excluding hydrogens is 388 g/mol. The lowest BCUT2D eigenvalue weighted by Crippen LogP contribution is -2.49. The van der Waals surface area contributed by atoms with Gasteiger partial charge < -0.3 is 9.64 Å². The van der Waals surface area contributed by atoms with Gasteiger partial charge in [0.15, 0.2) is 0 Å². The highest BCUT2D eigenvalue weighted by atomic mass is 16.5. The molecular formula is C26H28N2O3. The number of carbonyl (C=O) groups is 2. The van der Waals surface area contributed by atoms with E-state index in [2.05, 4.69) is 13.0 Å². The second kappa shape index (κ2) is 9.61. The fraction of sp³-hybridized carbons (Fsp3) is 0.346. The van der Waals surface area contributed by atoms with Crippen molar-refractivity contribution in [1.29, 1.82) is 5.26 Å². The highest BCUT2D eigenvalue weighted by Crippen LogP contribution is 2.50. The van der Waals surface area contributed by atoms with Crippen molar-refractivity contribution >= 4 is 11.9 Å². The number of esters is 1. The molecule has 0 unspecified atom stereocenters. The average molecular weight is 417 g/mol. The lowest BCUT2D eigenvalue weighted by atomic mass is 9.62. The summed E-state index contributed by atoms with van der Waals surface area (Å²) in [4.78, 5) is 27.6. The van der Waals surface area contributed by atoms with Gasteiger partial charge in [-0.05, 0) is 37.8 Å². The van der Waals surface area contributed by atoms with Gasteiger partial charge in [0.2, 0.25) is 5.91 Å². The summed E-state index contributed by atoms with van der Waals surface area (Å²) in [5, 5.41) is 10.4. The van der Waals surface area contributed by atoms with Crippen molar-refractivity contribution in [3.05, 3.63) is 82.9 Å². The summed E-state index contributed by atoms with van der Waals surface area (Å²) < 4.78 is 4.85. The molecule has 0 spiro atoms. The zero-order chi connectivity index (χ0) is 22.4. The Morgan fingerprint density at radius 2 is 1.68 bits per heavy atom. The van der Waals surface area contributed by atoms with Gasteiger partial charge in [0.1, 0.15) is 12.0 Å². The predicted molar refractivity (Wildman–Crippen MR) is 119 cm³/mol. The van der Waals surface area contributed by atoms with Crippen LogP contribution in [0.1, 0.15) is 43.7 Å². The van der Waals surface area contributed by atoms with E-state index in [4.69, 9.17) is 4.74 Å². The van der Waals surface area contributed by atoms with Gasteiger partial charge in [0.25, 0.3) is 0 Å². The van der Waals surface area contributed by atoms with Crippen LogP contribution in [0.25, 0.3) is 0 Å². The van der Waals surface area contributed by atoms with Crippen molar-refractivity contribution in [1.82, 2.24) is 4.90 Å². The number of ether oxygens (including phenoxy) is 1. The molecule has 0 fully saturated rings. The number of benzene rings is 2. The summed E-state index contributed by atoms with van der Waals surface area (Å²) in [6, 6.07) is 21.6. The van der Waals surface area contributed by atoms with Crippen LogP contribution in [0.5, 0.6) is 0 Å². The number of amides is 1. The molecule has 0 aliphatic heterocycles. The topological polar surface area (TPSA) is 70.4 Å². The van der Waals surface area contributed by atoms with Gasteiger partial charge in [-0.3, -0.25) is 9.59 Å². The highest BCUT2D eigenvalue weighted by Gasteiger charge is 2.51. The van der Waals surface area contributed by atoms with Gasteiger partial charge in [-0.1, -0.05) is 71.8 Å². The Bertz CT molecular complexity index is 1010. The maximum atomic E-state index is 14.0. The Labute approximate surface area is 183 Å². The van der Waals surface area contributed by atoms with Crippen LogP contribution in [-0.4, -0.2) is 30.4 Å². The second-order valence-electron chi connectivity index (χ2n) is 8.21. The monoisotopic (exact) mass is 416 g/mol. The van der Waals surface area contributed by atoms with E-state index in [0.29, 0.717) is 12.8 Å². The van der Waals surface area contributed by atoms with Gasteiger partial charge in [-0.25, -0.2) is 0 Å². The Morgan fingerprint density at radius 3 is 2.26 bits per heavy atom. The van der Waals surface area contributed by atoms with Gasteiger partial charge >= 0.3 is 5.97 Å². The Hall–Kier alpha value is -3.39. The molecule has 0 aromatic heterocycles. The molecule has 2 aromatic carbocycles. The molecule has 1 aliphatic rings. The lowest BCUT2D eigenvalue weighted by Gasteiger charge is -2.41. The molecule has 0 bridgehead atoms. The van der Waals surface area contributed by atoms with Gasteiger partial charge in [-0.2, -0.15) is 5.26 Å². The molecule has 0 N–H and O–H groups in total. The highest BCUT2D eigenvalue weighted by molar-refractivity contribution is 5.90. The number of hydrogen-bond donors (Lipinski definition) is 0. The smallest absolute Gasteiger partial charge is 0.325 e. The lowest BCUT2D eigenvalue weighted by molar-refractivity contribution is -0.151. The van der Waals surface area contributed by atoms with Crippen molar-refractivity contribution < 1.29 is 14.3 Å². The average Bonchev–Trinajstić information content (AvgIpc) is 2.80. The van der Waals surface area contributed by atoms with E-state index >= 15 is 0 Å². The summed E-state index contributed by atoms with van der Waals surface area (Å²) >= 11 is 0. The van der Waals surface area contributed by atoms with Gasteiger partial charge in [0, 0.05) is 12.5 Å². The fourth-order valence-electron chi connectivity index (χ4n) is 4.33. The van der Waals surface area contributed by atoms with Crippen molar-refractivity contribution in [2.45, 2.75) is 39.2 Å². The number of allylic oxidation sites excluding steroid dienone is 2. The summed E-state index contributed by atoms with van der Waals surface area (Å²) in [6.45, 7) is 4.09. The van der Waals surface area contributed by atoms with Crippen LogP contribution >= 0.6 is 0 Å². The zero-order valence-corrected chi connectivity index (χ0v) is 18.3. The van der Waals surface area contributed by atoms with Crippen molar-refractivity contribution in [2.24, 2.45) is 5.41 Å². The van der Waals surface area contributed by atoms with Crippen LogP contribution in [0.3, 0.4) is 0 Å². The van der Waals surface area contributed by atoms with Crippen LogP contribution in [0.4, 0.5) is 0 Å². The number of nitrogens with zero attached hydrogens (tertiary/aromatic N) is 2. The zero-order valence-electron chi connectivity index (χ0n) is 18.3. The third kappa shape index (κ3) is 4.69. The number of methoxy groups -OCH3 is 1. The summed E-state index contributed by atoms with van der Waals surface area (Å²) in [5.74, 6) is -1.12. The van der Waals surface area contributed by atoms with E-state index in [-0.39, 0.29) is 24.9 Å². The second-order valence-corrected chi connectivity index (χ2v) is 8.21. The van der Waals surface area contributed by atoms with E-state index in [1.165, 1.54) is 17.6 Å². The summed E-state index contributed by atoms with van der Waals surface area (Å²) in [6.07, 6.45) is 0.979. The van der Waals surface area contributed by atoms with Crippen LogP contribution in [0, 0.1) is 16.7 Å². The minimum atomic E-state index is -1.28. The molecule has 5 heteroatoms. The maximum Gasteiger partial charge on any atom is 0.325 e. The number of hydrogen-bond acceptors (Lipinski definition) is 4. The Kier molecular flexibility index (Phi) is 6.91. The van der Waals surface area contributed by atoms with Crippen LogP contribution < -0.4 is 0 Å². The molecule has 31 heavy (non-hydrogen) atoms. The molecule has 2 atom stereocenters. The molecule has 160 valence electrons. The first-order valence-corrected chi connectivity index (χ1v) is 10.4. The largest absolute Gasteiger partial charge is 0.468 e. The molecule has 0 saturated carbocycles. The van der Waals surface area contributed by atoms with Crippen LogP contribution in [0.15, 0.2) is 71.8 Å². The number of rotatable bonds is 6. The van der Waals surface area contributed by atoms with E-state index in [1.807, 2.05) is 67.6 Å². The molecule has 0 heterocycles. The van der Waals surface area contributed by atoms with Crippen LogP contribution in [0.2, 0.25) is 0 Å².